The van der Waals surface area contributed by atoms with Crippen LogP contribution in [0.2, 0.25) is 0 Å². The number of aliphatic hydroxyl groups excluding tert-OH is 1. The molecule has 0 rings (SSSR count). The molecule has 0 radical (unpaired) electrons. The number of amides is 1. The minimum atomic E-state index is -4.37. The van der Waals surface area contributed by atoms with Crippen LogP contribution in [0.15, 0.2) is 97.2 Å². The van der Waals surface area contributed by atoms with Gasteiger partial charge in [-0.1, -0.05) is 150 Å². The van der Waals surface area contributed by atoms with E-state index in [9.17, 15) is 22.9 Å². The van der Waals surface area contributed by atoms with Gasteiger partial charge in [0.25, 0.3) is 10.1 Å². The van der Waals surface area contributed by atoms with Crippen LogP contribution in [0.1, 0.15) is 142 Å². The quantitative estimate of drug-likeness (QED) is 0.0368. The van der Waals surface area contributed by atoms with Crippen LogP contribution < -0.4 is 5.32 Å². The van der Waals surface area contributed by atoms with Crippen molar-refractivity contribution in [3.05, 3.63) is 97.2 Å². The molecule has 3 N–H and O–H groups in total. The van der Waals surface area contributed by atoms with Crippen LogP contribution in [0, 0.1) is 0 Å². The van der Waals surface area contributed by atoms with Gasteiger partial charge < -0.3 is 10.4 Å². The van der Waals surface area contributed by atoms with Crippen molar-refractivity contribution < 1.29 is 22.9 Å². The van der Waals surface area contributed by atoms with E-state index in [-0.39, 0.29) is 12.3 Å². The molecule has 0 spiro atoms. The number of allylic oxidation sites excluding steroid dienone is 15. The molecule has 0 aliphatic heterocycles. The maximum atomic E-state index is 12.5. The maximum absolute atomic E-state index is 12.5. The zero-order valence-electron chi connectivity index (χ0n) is 30.8. The molecular weight excluding hydrogens is 631 g/mol. The van der Waals surface area contributed by atoms with E-state index in [4.69, 9.17) is 0 Å². The SMILES string of the molecule is CC/C=C\C/C=C\C/C=C\C/C=C\C/C=C\C/C=C\CCCCC(=O)NC(CS(=O)(=O)O)C(O)/C=C/CC/C=C/CCCCCCCCC. The Bertz CT molecular complexity index is 1130. The Morgan fingerprint density at radius 3 is 1.53 bits per heavy atom. The number of unbranched alkanes of at least 4 members (excludes halogenated alkanes) is 10. The molecule has 0 aliphatic rings. The molecular formula is C42H69NO5S. The molecule has 2 atom stereocenters. The fourth-order valence-corrected chi connectivity index (χ4v) is 5.67. The van der Waals surface area contributed by atoms with Gasteiger partial charge in [0.15, 0.2) is 0 Å². The van der Waals surface area contributed by atoms with Crippen LogP contribution in [0.3, 0.4) is 0 Å². The second-order valence-corrected chi connectivity index (χ2v) is 14.0. The van der Waals surface area contributed by atoms with Crippen molar-refractivity contribution in [3.8, 4) is 0 Å². The summed E-state index contributed by atoms with van der Waals surface area (Å²) in [7, 11) is -4.37. The number of carbonyl (C=O) groups is 1. The van der Waals surface area contributed by atoms with E-state index in [1.165, 1.54) is 51.0 Å². The highest BCUT2D eigenvalue weighted by atomic mass is 32.2. The summed E-state index contributed by atoms with van der Waals surface area (Å²) in [5.41, 5.74) is 0. The Hall–Kier alpha value is -2.74. The minimum absolute atomic E-state index is 0.227. The molecule has 1 amide bonds. The Balaban J connectivity index is 4.14. The highest BCUT2D eigenvalue weighted by Crippen LogP contribution is 2.10. The van der Waals surface area contributed by atoms with Crippen molar-refractivity contribution in [1.82, 2.24) is 5.32 Å². The van der Waals surface area contributed by atoms with Crippen molar-refractivity contribution in [1.29, 1.82) is 0 Å². The maximum Gasteiger partial charge on any atom is 0.267 e. The third-order valence-electron chi connectivity index (χ3n) is 7.74. The molecule has 0 saturated carbocycles. The van der Waals surface area contributed by atoms with Crippen molar-refractivity contribution >= 4 is 16.0 Å². The van der Waals surface area contributed by atoms with Crippen molar-refractivity contribution in [2.24, 2.45) is 0 Å². The van der Waals surface area contributed by atoms with E-state index in [0.717, 1.165) is 64.2 Å². The van der Waals surface area contributed by atoms with Crippen LogP contribution >= 0.6 is 0 Å². The summed E-state index contributed by atoms with van der Waals surface area (Å²) in [4.78, 5) is 12.5. The van der Waals surface area contributed by atoms with E-state index in [0.29, 0.717) is 12.8 Å². The Morgan fingerprint density at radius 2 is 1.00 bits per heavy atom. The first-order chi connectivity index (χ1) is 23.8. The number of carbonyl (C=O) groups excluding carboxylic acids is 1. The summed E-state index contributed by atoms with van der Waals surface area (Å²) in [6.45, 7) is 4.37. The smallest absolute Gasteiger partial charge is 0.267 e. The lowest BCUT2D eigenvalue weighted by molar-refractivity contribution is -0.122. The highest BCUT2D eigenvalue weighted by Gasteiger charge is 2.24. The number of hydrogen-bond donors (Lipinski definition) is 3. The van der Waals surface area contributed by atoms with Crippen LogP contribution in [-0.2, 0) is 14.9 Å². The monoisotopic (exact) mass is 699 g/mol. The molecule has 7 heteroatoms. The predicted octanol–water partition coefficient (Wildman–Crippen LogP) is 11.0. The van der Waals surface area contributed by atoms with E-state index in [1.807, 2.05) is 0 Å². The first kappa shape index (κ1) is 46.3. The van der Waals surface area contributed by atoms with Crippen molar-refractivity contribution in [2.75, 3.05) is 5.75 Å². The standard InChI is InChI=1S/C42H69NO5S/c1-3-5-7-9-11-13-15-17-18-19-20-21-22-23-24-26-28-30-32-34-36-38-42(45)43-40(39-49(46,47)48)41(44)37-35-33-31-29-27-25-16-14-12-10-8-6-4-2/h5,7,11,13,17-18,20-21,23-24,27-30,35,37,40-41,44H,3-4,6,8-10,12,14-16,19,22,25-26,31-34,36,38-39H2,1-2H3,(H,43,45)(H,46,47,48)/b7-5-,13-11-,18-17-,21-20-,24-23-,29-27+,30-28-,37-35+. The lowest BCUT2D eigenvalue weighted by atomic mass is 10.1. The van der Waals surface area contributed by atoms with E-state index in [2.05, 4.69) is 104 Å². The number of rotatable bonds is 32. The third kappa shape index (κ3) is 36.4. The summed E-state index contributed by atoms with van der Waals surface area (Å²) in [5.74, 6) is -1.07. The van der Waals surface area contributed by atoms with Gasteiger partial charge in [0.05, 0.1) is 17.9 Å². The molecule has 0 aromatic heterocycles. The molecule has 0 aromatic carbocycles. The van der Waals surface area contributed by atoms with Gasteiger partial charge in [-0.2, -0.15) is 8.42 Å². The summed E-state index contributed by atoms with van der Waals surface area (Å²) in [6.07, 6.45) is 52.5. The van der Waals surface area contributed by atoms with Gasteiger partial charge in [-0.3, -0.25) is 9.35 Å². The molecule has 0 aliphatic carbocycles. The van der Waals surface area contributed by atoms with Gasteiger partial charge in [-0.05, 0) is 83.5 Å². The Labute approximate surface area is 300 Å². The zero-order valence-corrected chi connectivity index (χ0v) is 31.6. The van der Waals surface area contributed by atoms with Crippen LogP contribution in [-0.4, -0.2) is 41.9 Å². The second kappa shape index (κ2) is 35.1. The van der Waals surface area contributed by atoms with Gasteiger partial charge in [-0.15, -0.1) is 0 Å². The molecule has 0 saturated heterocycles. The second-order valence-electron chi connectivity index (χ2n) is 12.5. The first-order valence-corrected chi connectivity index (χ1v) is 20.5. The fraction of sp³-hybridized carbons (Fsp3) is 0.595. The number of hydrogen-bond acceptors (Lipinski definition) is 4. The third-order valence-corrected chi connectivity index (χ3v) is 8.52. The first-order valence-electron chi connectivity index (χ1n) is 18.9. The van der Waals surface area contributed by atoms with Crippen LogP contribution in [0.4, 0.5) is 0 Å². The normalized spacial score (nSPS) is 14.4. The van der Waals surface area contributed by atoms with Crippen molar-refractivity contribution in [3.63, 3.8) is 0 Å². The van der Waals surface area contributed by atoms with E-state index in [1.54, 1.807) is 6.08 Å². The summed E-state index contributed by atoms with van der Waals surface area (Å²) in [6, 6.07) is -1.10. The Morgan fingerprint density at radius 1 is 0.571 bits per heavy atom. The molecule has 0 fully saturated rings. The van der Waals surface area contributed by atoms with Gasteiger partial charge in [0.2, 0.25) is 5.91 Å². The lowest BCUT2D eigenvalue weighted by Gasteiger charge is -2.21. The van der Waals surface area contributed by atoms with E-state index < -0.39 is 28.0 Å². The number of nitrogens with one attached hydrogen (secondary N) is 1. The minimum Gasteiger partial charge on any atom is -0.387 e. The zero-order chi connectivity index (χ0) is 36.1. The van der Waals surface area contributed by atoms with Gasteiger partial charge >= 0.3 is 0 Å². The van der Waals surface area contributed by atoms with Gasteiger partial charge in [0.1, 0.15) is 0 Å². The number of aliphatic hydroxyl groups is 1. The molecule has 278 valence electrons. The molecule has 0 heterocycles. The van der Waals surface area contributed by atoms with Crippen LogP contribution in [0.25, 0.3) is 0 Å². The van der Waals surface area contributed by atoms with E-state index >= 15 is 0 Å². The molecule has 0 aromatic rings. The van der Waals surface area contributed by atoms with Crippen LogP contribution in [0.5, 0.6) is 0 Å². The highest BCUT2D eigenvalue weighted by molar-refractivity contribution is 7.85. The van der Waals surface area contributed by atoms with Gasteiger partial charge in [0, 0.05) is 6.42 Å². The predicted molar refractivity (Wildman–Crippen MR) is 211 cm³/mol. The average Bonchev–Trinajstić information content (AvgIpc) is 3.06. The molecule has 49 heavy (non-hydrogen) atoms. The lowest BCUT2D eigenvalue weighted by Crippen LogP contribution is -2.46. The summed E-state index contributed by atoms with van der Waals surface area (Å²) >= 11 is 0. The summed E-state index contributed by atoms with van der Waals surface area (Å²) < 4.78 is 32.4. The average molecular weight is 700 g/mol. The molecule has 0 bridgehead atoms. The van der Waals surface area contributed by atoms with Crippen molar-refractivity contribution in [2.45, 2.75) is 154 Å². The Kier molecular flexibility index (Phi) is 33.1. The van der Waals surface area contributed by atoms with Gasteiger partial charge in [-0.25, -0.2) is 0 Å². The topological polar surface area (TPSA) is 104 Å². The fourth-order valence-electron chi connectivity index (χ4n) is 4.94. The largest absolute Gasteiger partial charge is 0.387 e. The summed E-state index contributed by atoms with van der Waals surface area (Å²) in [5, 5.41) is 13.1. The molecule has 6 nitrogen and oxygen atoms in total. The molecule has 2 unspecified atom stereocenters.